The molecule has 1 aromatic heterocycles. The number of hydrogen-bond acceptors (Lipinski definition) is 7. The van der Waals surface area contributed by atoms with E-state index in [0.717, 1.165) is 35.5 Å². The van der Waals surface area contributed by atoms with E-state index in [0.29, 0.717) is 5.13 Å². The number of nitrogens with two attached hydrogens (primary N) is 1. The number of hydrogen-bond donors (Lipinski definition) is 1. The standard InChI is InChI=1S/C20H30N4OS2/c1-25-14-4-2-3-5-15-26-18-10-12-24(13-11-18)17-8-6-16(7-9-17)19-22-23-20(21)27-19/h6-9,18H,2-5,10-15H2,1H3,(H2,21,23). The second-order valence-electron chi connectivity index (χ2n) is 6.96. The Balaban J connectivity index is 1.36. The molecule has 27 heavy (non-hydrogen) atoms. The van der Waals surface area contributed by atoms with Crippen molar-refractivity contribution < 1.29 is 4.74 Å². The van der Waals surface area contributed by atoms with Crippen molar-refractivity contribution in [1.29, 1.82) is 0 Å². The zero-order chi connectivity index (χ0) is 18.9. The number of anilines is 2. The van der Waals surface area contributed by atoms with Gasteiger partial charge in [0, 0.05) is 43.3 Å². The Labute approximate surface area is 170 Å². The summed E-state index contributed by atoms with van der Waals surface area (Å²) in [5, 5.41) is 10.2. The van der Waals surface area contributed by atoms with Crippen LogP contribution in [0.4, 0.5) is 10.8 Å². The van der Waals surface area contributed by atoms with Crippen LogP contribution in [-0.2, 0) is 4.74 Å². The number of benzene rings is 1. The summed E-state index contributed by atoms with van der Waals surface area (Å²) in [4.78, 5) is 2.50. The highest BCUT2D eigenvalue weighted by Crippen LogP contribution is 2.30. The molecule has 0 spiro atoms. The molecule has 1 aliphatic heterocycles. The smallest absolute Gasteiger partial charge is 0.203 e. The summed E-state index contributed by atoms with van der Waals surface area (Å²) in [6.07, 6.45) is 7.73. The van der Waals surface area contributed by atoms with Crippen molar-refractivity contribution in [2.75, 3.05) is 43.2 Å². The van der Waals surface area contributed by atoms with Crippen LogP contribution in [0.5, 0.6) is 0 Å². The maximum atomic E-state index is 5.68. The van der Waals surface area contributed by atoms with E-state index in [-0.39, 0.29) is 0 Å². The summed E-state index contributed by atoms with van der Waals surface area (Å²) in [6.45, 7) is 3.20. The van der Waals surface area contributed by atoms with Crippen LogP contribution in [0.15, 0.2) is 24.3 Å². The normalized spacial score (nSPS) is 15.4. The van der Waals surface area contributed by atoms with E-state index in [2.05, 4.69) is 51.1 Å². The van der Waals surface area contributed by atoms with Gasteiger partial charge in [-0.2, -0.15) is 11.8 Å². The largest absolute Gasteiger partial charge is 0.385 e. The summed E-state index contributed by atoms with van der Waals surface area (Å²) >= 11 is 3.61. The van der Waals surface area contributed by atoms with E-state index in [1.54, 1.807) is 7.11 Å². The summed E-state index contributed by atoms with van der Waals surface area (Å²) in [7, 11) is 1.78. The number of nitrogen functional groups attached to an aromatic ring is 1. The van der Waals surface area contributed by atoms with Crippen molar-refractivity contribution in [3.63, 3.8) is 0 Å². The zero-order valence-electron chi connectivity index (χ0n) is 16.1. The molecule has 5 nitrogen and oxygen atoms in total. The third kappa shape index (κ3) is 6.36. The molecule has 1 fully saturated rings. The van der Waals surface area contributed by atoms with Crippen LogP contribution < -0.4 is 10.6 Å². The Morgan fingerprint density at radius 1 is 1.11 bits per heavy atom. The second kappa shape index (κ2) is 10.9. The Morgan fingerprint density at radius 2 is 1.85 bits per heavy atom. The highest BCUT2D eigenvalue weighted by molar-refractivity contribution is 7.99. The average molecular weight is 407 g/mol. The summed E-state index contributed by atoms with van der Waals surface area (Å²) in [5.41, 5.74) is 8.07. The van der Waals surface area contributed by atoms with Gasteiger partial charge in [-0.1, -0.05) is 24.2 Å². The van der Waals surface area contributed by atoms with Gasteiger partial charge in [-0.05, 0) is 55.7 Å². The number of methoxy groups -OCH3 is 1. The molecular formula is C20H30N4OS2. The van der Waals surface area contributed by atoms with Gasteiger partial charge in [-0.3, -0.25) is 0 Å². The maximum Gasteiger partial charge on any atom is 0.203 e. The third-order valence-corrected chi connectivity index (χ3v) is 7.23. The van der Waals surface area contributed by atoms with E-state index >= 15 is 0 Å². The van der Waals surface area contributed by atoms with Gasteiger partial charge in [0.25, 0.3) is 0 Å². The predicted molar refractivity (Wildman–Crippen MR) is 118 cm³/mol. The molecule has 2 heterocycles. The van der Waals surface area contributed by atoms with Crippen LogP contribution in [0, 0.1) is 0 Å². The lowest BCUT2D eigenvalue weighted by molar-refractivity contribution is 0.192. The van der Waals surface area contributed by atoms with Crippen LogP contribution in [0.3, 0.4) is 0 Å². The number of nitrogens with zero attached hydrogens (tertiary/aromatic N) is 3. The van der Waals surface area contributed by atoms with Gasteiger partial charge in [0.2, 0.25) is 5.13 Å². The van der Waals surface area contributed by atoms with Gasteiger partial charge in [0.05, 0.1) is 0 Å². The van der Waals surface area contributed by atoms with Crippen LogP contribution in [0.1, 0.15) is 38.5 Å². The zero-order valence-corrected chi connectivity index (χ0v) is 17.7. The Kier molecular flexibility index (Phi) is 8.23. The van der Waals surface area contributed by atoms with Crippen molar-refractivity contribution in [2.45, 2.75) is 43.8 Å². The van der Waals surface area contributed by atoms with Crippen LogP contribution in [0.25, 0.3) is 10.6 Å². The van der Waals surface area contributed by atoms with Crippen LogP contribution in [0.2, 0.25) is 0 Å². The van der Waals surface area contributed by atoms with Crippen molar-refractivity contribution >= 4 is 33.9 Å². The van der Waals surface area contributed by atoms with Gasteiger partial charge in [-0.25, -0.2) is 0 Å². The molecule has 1 saturated heterocycles. The highest BCUT2D eigenvalue weighted by atomic mass is 32.2. The fraction of sp³-hybridized carbons (Fsp3) is 0.600. The molecule has 148 valence electrons. The Hall–Kier alpha value is -1.31. The van der Waals surface area contributed by atoms with Gasteiger partial charge in [0.15, 0.2) is 0 Å². The SMILES string of the molecule is COCCCCCCSC1CCN(c2ccc(-c3nnc(N)s3)cc2)CC1. The predicted octanol–water partition coefficient (Wildman–Crippen LogP) is 4.70. The maximum absolute atomic E-state index is 5.68. The third-order valence-electron chi connectivity index (χ3n) is 4.96. The molecule has 0 unspecified atom stereocenters. The van der Waals surface area contributed by atoms with Crippen LogP contribution in [-0.4, -0.2) is 48.0 Å². The molecule has 1 aliphatic rings. The van der Waals surface area contributed by atoms with Crippen LogP contribution >= 0.6 is 23.1 Å². The quantitative estimate of drug-likeness (QED) is 0.577. The van der Waals surface area contributed by atoms with Gasteiger partial charge in [-0.15, -0.1) is 10.2 Å². The average Bonchev–Trinajstić information content (AvgIpc) is 3.14. The van der Waals surface area contributed by atoms with E-state index in [1.165, 1.54) is 61.3 Å². The van der Waals surface area contributed by atoms with E-state index in [9.17, 15) is 0 Å². The molecule has 0 radical (unpaired) electrons. The van der Waals surface area contributed by atoms with E-state index < -0.39 is 0 Å². The molecule has 0 aliphatic carbocycles. The fourth-order valence-corrected chi connectivity index (χ4v) is 5.26. The highest BCUT2D eigenvalue weighted by Gasteiger charge is 2.19. The summed E-state index contributed by atoms with van der Waals surface area (Å²) in [5.74, 6) is 1.30. The first kappa shape index (κ1) is 20.4. The van der Waals surface area contributed by atoms with Gasteiger partial charge >= 0.3 is 0 Å². The molecule has 2 N–H and O–H groups in total. The number of unbranched alkanes of at least 4 members (excludes halogenated alkanes) is 3. The van der Waals surface area contributed by atoms with Gasteiger partial charge in [0.1, 0.15) is 5.01 Å². The first-order valence-corrected chi connectivity index (χ1v) is 11.7. The minimum Gasteiger partial charge on any atom is -0.385 e. The molecule has 3 rings (SSSR count). The van der Waals surface area contributed by atoms with E-state index in [1.807, 2.05) is 0 Å². The Morgan fingerprint density at radius 3 is 2.52 bits per heavy atom. The number of ether oxygens (including phenoxy) is 1. The summed E-state index contributed by atoms with van der Waals surface area (Å²) in [6, 6.07) is 8.64. The van der Waals surface area contributed by atoms with Crippen molar-refractivity contribution in [1.82, 2.24) is 10.2 Å². The molecule has 0 saturated carbocycles. The fourth-order valence-electron chi connectivity index (χ4n) is 3.40. The second-order valence-corrected chi connectivity index (χ2v) is 9.37. The molecule has 2 aromatic rings. The number of rotatable bonds is 10. The first-order valence-electron chi connectivity index (χ1n) is 9.81. The lowest BCUT2D eigenvalue weighted by atomic mass is 10.1. The number of piperidine rings is 1. The summed E-state index contributed by atoms with van der Waals surface area (Å²) < 4.78 is 5.10. The van der Waals surface area contributed by atoms with Crippen molar-refractivity contribution in [3.8, 4) is 10.6 Å². The molecule has 0 amide bonds. The molecule has 1 aromatic carbocycles. The Bertz CT molecular complexity index is 669. The molecule has 0 bridgehead atoms. The number of thioether (sulfide) groups is 1. The molecule has 7 heteroatoms. The minimum atomic E-state index is 0.517. The van der Waals surface area contributed by atoms with E-state index in [4.69, 9.17) is 10.5 Å². The van der Waals surface area contributed by atoms with Gasteiger partial charge < -0.3 is 15.4 Å². The van der Waals surface area contributed by atoms with Crippen molar-refractivity contribution in [2.24, 2.45) is 0 Å². The first-order chi connectivity index (χ1) is 13.3. The minimum absolute atomic E-state index is 0.517. The monoisotopic (exact) mass is 406 g/mol. The topological polar surface area (TPSA) is 64.3 Å². The van der Waals surface area contributed by atoms with Crippen molar-refractivity contribution in [3.05, 3.63) is 24.3 Å². The number of aromatic nitrogens is 2. The molecule has 0 atom stereocenters. The lowest BCUT2D eigenvalue weighted by Gasteiger charge is -2.33. The molecular weight excluding hydrogens is 376 g/mol. The lowest BCUT2D eigenvalue weighted by Crippen LogP contribution is -2.34.